The summed E-state index contributed by atoms with van der Waals surface area (Å²) in [5.74, 6) is -3.07. The normalized spacial score (nSPS) is 12.9. The molecule has 0 spiro atoms. The monoisotopic (exact) mass is 480 g/mol. The average molecular weight is 481 g/mol. The lowest BCUT2D eigenvalue weighted by molar-refractivity contribution is -0.144. The number of carbonyl (C=O) groups is 4. The molecule has 0 aromatic heterocycles. The predicted molar refractivity (Wildman–Crippen MR) is 120 cm³/mol. The van der Waals surface area contributed by atoms with Gasteiger partial charge in [0, 0.05) is 12.2 Å². The van der Waals surface area contributed by atoms with Crippen LogP contribution in [-0.2, 0) is 28.5 Å². The average Bonchev–Trinajstić information content (AvgIpc) is 2.77. The fourth-order valence-corrected chi connectivity index (χ4v) is 2.63. The first-order valence-electron chi connectivity index (χ1n) is 10.8. The van der Waals surface area contributed by atoms with E-state index < -0.39 is 49.3 Å². The van der Waals surface area contributed by atoms with E-state index in [1.165, 1.54) is 24.3 Å². The Hall–Kier alpha value is -3.24. The van der Waals surface area contributed by atoms with Crippen LogP contribution in [0.4, 0.5) is 0 Å². The van der Waals surface area contributed by atoms with E-state index in [0.717, 1.165) is 12.2 Å². The highest BCUT2D eigenvalue weighted by molar-refractivity contribution is 6.03. The van der Waals surface area contributed by atoms with Crippen molar-refractivity contribution in [1.82, 2.24) is 0 Å². The summed E-state index contributed by atoms with van der Waals surface area (Å²) in [6, 6.07) is 5.80. The maximum Gasteiger partial charge on any atom is 0.339 e. The van der Waals surface area contributed by atoms with Gasteiger partial charge in [0.25, 0.3) is 0 Å². The van der Waals surface area contributed by atoms with Crippen molar-refractivity contribution in [3.63, 3.8) is 0 Å². The molecule has 0 saturated carbocycles. The Labute approximate surface area is 198 Å². The van der Waals surface area contributed by atoms with Crippen LogP contribution in [0, 0.1) is 5.92 Å². The Morgan fingerprint density at radius 1 is 0.765 bits per heavy atom. The van der Waals surface area contributed by atoms with Gasteiger partial charge in [0.15, 0.2) is 0 Å². The molecule has 2 atom stereocenters. The van der Waals surface area contributed by atoms with Gasteiger partial charge in [-0.05, 0) is 38.3 Å². The summed E-state index contributed by atoms with van der Waals surface area (Å²) < 4.78 is 19.7. The quantitative estimate of drug-likeness (QED) is 0.243. The zero-order valence-corrected chi connectivity index (χ0v) is 19.8. The third-order valence-electron chi connectivity index (χ3n) is 4.05. The number of aliphatic hydroxyl groups is 2. The van der Waals surface area contributed by atoms with Gasteiger partial charge in [0.2, 0.25) is 0 Å². The van der Waals surface area contributed by atoms with Crippen LogP contribution < -0.4 is 0 Å². The number of carbonyl (C=O) groups excluding carboxylic acids is 4. The van der Waals surface area contributed by atoms with Crippen LogP contribution in [0.3, 0.4) is 0 Å². The first kappa shape index (κ1) is 28.8. The summed E-state index contributed by atoms with van der Waals surface area (Å²) in [4.78, 5) is 47.7. The maximum atomic E-state index is 12.4. The van der Waals surface area contributed by atoms with Crippen molar-refractivity contribution < 1.29 is 48.3 Å². The van der Waals surface area contributed by atoms with Crippen LogP contribution in [0.5, 0.6) is 0 Å². The van der Waals surface area contributed by atoms with E-state index in [4.69, 9.17) is 18.9 Å². The number of esters is 4. The second-order valence-electron chi connectivity index (χ2n) is 8.13. The van der Waals surface area contributed by atoms with Gasteiger partial charge in [-0.25, -0.2) is 19.2 Å². The van der Waals surface area contributed by atoms with Crippen molar-refractivity contribution in [2.75, 3.05) is 19.8 Å². The highest BCUT2D eigenvalue weighted by Crippen LogP contribution is 2.13. The van der Waals surface area contributed by atoms with E-state index in [2.05, 4.69) is 0 Å². The molecule has 1 aromatic carbocycles. The summed E-state index contributed by atoms with van der Waals surface area (Å²) >= 11 is 0. The minimum absolute atomic E-state index is 0.0522. The Morgan fingerprint density at radius 3 is 1.74 bits per heavy atom. The molecule has 0 aliphatic carbocycles. The second kappa shape index (κ2) is 14.8. The Kier molecular flexibility index (Phi) is 12.5. The van der Waals surface area contributed by atoms with Gasteiger partial charge in [-0.3, -0.25) is 0 Å². The minimum atomic E-state index is -1.34. The molecule has 10 nitrogen and oxygen atoms in total. The van der Waals surface area contributed by atoms with Gasteiger partial charge in [-0.1, -0.05) is 26.0 Å². The zero-order chi connectivity index (χ0) is 25.7. The summed E-state index contributed by atoms with van der Waals surface area (Å²) in [5.41, 5.74) is -0.134. The second-order valence-corrected chi connectivity index (χ2v) is 8.13. The molecule has 188 valence electrons. The van der Waals surface area contributed by atoms with Crippen LogP contribution in [0.25, 0.3) is 0 Å². The van der Waals surface area contributed by atoms with Crippen molar-refractivity contribution in [3.8, 4) is 0 Å². The SMILES string of the molecule is CC(C)CC(O)COC(=O)c1ccccc1C(=O)OCC(O)COC(=O)/C=C/C(=O)OC(C)C. The molecule has 0 fully saturated rings. The highest BCUT2D eigenvalue weighted by Gasteiger charge is 2.21. The molecule has 2 unspecified atom stereocenters. The Bertz CT molecular complexity index is 859. The number of rotatable bonds is 13. The number of hydrogen-bond acceptors (Lipinski definition) is 10. The van der Waals surface area contributed by atoms with E-state index in [1.54, 1.807) is 13.8 Å². The summed E-state index contributed by atoms with van der Waals surface area (Å²) in [7, 11) is 0. The lowest BCUT2D eigenvalue weighted by atomic mass is 10.1. The zero-order valence-electron chi connectivity index (χ0n) is 19.8. The fraction of sp³-hybridized carbons (Fsp3) is 0.500. The molecule has 0 bridgehead atoms. The van der Waals surface area contributed by atoms with Crippen molar-refractivity contribution in [2.24, 2.45) is 5.92 Å². The molecular weight excluding hydrogens is 448 g/mol. The van der Waals surface area contributed by atoms with E-state index in [0.29, 0.717) is 6.42 Å². The molecule has 0 saturated heterocycles. The number of ether oxygens (including phenoxy) is 4. The van der Waals surface area contributed by atoms with Crippen molar-refractivity contribution in [3.05, 3.63) is 47.5 Å². The van der Waals surface area contributed by atoms with Crippen molar-refractivity contribution in [1.29, 1.82) is 0 Å². The lowest BCUT2D eigenvalue weighted by Gasteiger charge is -2.15. The van der Waals surface area contributed by atoms with Gasteiger partial charge in [-0.2, -0.15) is 0 Å². The van der Waals surface area contributed by atoms with Crippen LogP contribution in [0.15, 0.2) is 36.4 Å². The van der Waals surface area contributed by atoms with Gasteiger partial charge in [-0.15, -0.1) is 0 Å². The molecule has 0 aliphatic heterocycles. The highest BCUT2D eigenvalue weighted by atomic mass is 16.6. The van der Waals surface area contributed by atoms with Crippen molar-refractivity contribution in [2.45, 2.75) is 52.4 Å². The smallest absolute Gasteiger partial charge is 0.339 e. The van der Waals surface area contributed by atoms with Crippen molar-refractivity contribution >= 4 is 23.9 Å². The van der Waals surface area contributed by atoms with Gasteiger partial charge < -0.3 is 29.2 Å². The van der Waals surface area contributed by atoms with Crippen LogP contribution in [0.1, 0.15) is 54.8 Å². The third-order valence-corrected chi connectivity index (χ3v) is 4.05. The molecule has 0 amide bonds. The number of aliphatic hydroxyl groups excluding tert-OH is 2. The lowest BCUT2D eigenvalue weighted by Crippen LogP contribution is -2.26. The molecule has 34 heavy (non-hydrogen) atoms. The molecular formula is C24H32O10. The topological polar surface area (TPSA) is 146 Å². The maximum absolute atomic E-state index is 12.4. The fourth-order valence-electron chi connectivity index (χ4n) is 2.63. The molecule has 0 radical (unpaired) electrons. The van der Waals surface area contributed by atoms with Crippen LogP contribution in [0.2, 0.25) is 0 Å². The molecule has 0 heterocycles. The van der Waals surface area contributed by atoms with E-state index >= 15 is 0 Å². The standard InChI is InChI=1S/C24H32O10/c1-15(2)11-17(25)12-32-23(29)19-7-5-6-8-20(19)24(30)33-14-18(26)13-31-21(27)9-10-22(28)34-16(3)4/h5-10,15-18,25-26H,11-14H2,1-4H3/b10-9+. The molecule has 1 rings (SSSR count). The number of hydrogen-bond donors (Lipinski definition) is 2. The predicted octanol–water partition coefficient (Wildman–Crippen LogP) is 1.82. The first-order chi connectivity index (χ1) is 16.0. The minimum Gasteiger partial charge on any atom is -0.460 e. The van der Waals surface area contributed by atoms with Crippen LogP contribution in [-0.4, -0.2) is 72.2 Å². The summed E-state index contributed by atoms with van der Waals surface area (Å²) in [5, 5.41) is 19.8. The largest absolute Gasteiger partial charge is 0.460 e. The Morgan fingerprint density at radius 2 is 1.24 bits per heavy atom. The first-order valence-corrected chi connectivity index (χ1v) is 10.8. The van der Waals surface area contributed by atoms with E-state index in [-0.39, 0.29) is 29.8 Å². The third kappa shape index (κ3) is 11.6. The Balaban J connectivity index is 2.54. The van der Waals surface area contributed by atoms with Gasteiger partial charge in [0.1, 0.15) is 25.9 Å². The molecule has 2 N–H and O–H groups in total. The van der Waals surface area contributed by atoms with E-state index in [9.17, 15) is 29.4 Å². The molecule has 0 aliphatic rings. The summed E-state index contributed by atoms with van der Waals surface area (Å²) in [6.07, 6.45) is -0.299. The van der Waals surface area contributed by atoms with Gasteiger partial charge >= 0.3 is 23.9 Å². The van der Waals surface area contributed by atoms with E-state index in [1.807, 2.05) is 13.8 Å². The summed E-state index contributed by atoms with van der Waals surface area (Å²) in [6.45, 7) is 5.93. The molecule has 10 heteroatoms. The van der Waals surface area contributed by atoms with Gasteiger partial charge in [0.05, 0.1) is 23.3 Å². The van der Waals surface area contributed by atoms with Crippen LogP contribution >= 0.6 is 0 Å². The number of benzene rings is 1. The molecule has 1 aromatic rings.